The molecule has 2 amide bonds. The molecule has 1 atom stereocenters. The SMILES string of the molecule is CCCn1ccc2cc(NC(=O)NCC(C)CCO)ccc21. The van der Waals surface area contributed by atoms with Crippen molar-refractivity contribution in [3.8, 4) is 0 Å². The molecule has 0 fully saturated rings. The molecule has 5 heteroatoms. The third-order valence-corrected chi connectivity index (χ3v) is 3.73. The molecule has 120 valence electrons. The zero-order valence-corrected chi connectivity index (χ0v) is 13.3. The number of aryl methyl sites for hydroxylation is 1. The van der Waals surface area contributed by atoms with E-state index in [0.29, 0.717) is 13.0 Å². The molecule has 0 aliphatic carbocycles. The highest BCUT2D eigenvalue weighted by Crippen LogP contribution is 2.20. The summed E-state index contributed by atoms with van der Waals surface area (Å²) in [5, 5.41) is 15.6. The summed E-state index contributed by atoms with van der Waals surface area (Å²) in [4.78, 5) is 11.9. The van der Waals surface area contributed by atoms with Gasteiger partial charge in [-0.1, -0.05) is 13.8 Å². The molecule has 0 radical (unpaired) electrons. The number of nitrogens with one attached hydrogen (secondary N) is 2. The van der Waals surface area contributed by atoms with E-state index in [9.17, 15) is 4.79 Å². The molecule has 5 nitrogen and oxygen atoms in total. The van der Waals surface area contributed by atoms with Crippen LogP contribution in [0.5, 0.6) is 0 Å². The van der Waals surface area contributed by atoms with E-state index in [1.807, 2.05) is 25.1 Å². The van der Waals surface area contributed by atoms with Crippen molar-refractivity contribution < 1.29 is 9.90 Å². The lowest BCUT2D eigenvalue weighted by molar-refractivity contribution is 0.243. The van der Waals surface area contributed by atoms with Gasteiger partial charge in [0, 0.05) is 42.5 Å². The number of fused-ring (bicyclic) bond motifs is 1. The van der Waals surface area contributed by atoms with E-state index < -0.39 is 0 Å². The van der Waals surface area contributed by atoms with Crippen LogP contribution in [0.25, 0.3) is 10.9 Å². The average Bonchev–Trinajstić information content (AvgIpc) is 2.88. The van der Waals surface area contributed by atoms with Crippen LogP contribution in [0.1, 0.15) is 26.7 Å². The van der Waals surface area contributed by atoms with Crippen molar-refractivity contribution in [1.82, 2.24) is 9.88 Å². The summed E-state index contributed by atoms with van der Waals surface area (Å²) < 4.78 is 2.22. The van der Waals surface area contributed by atoms with E-state index in [-0.39, 0.29) is 18.6 Å². The Hall–Kier alpha value is -2.01. The molecule has 2 rings (SSSR count). The van der Waals surface area contributed by atoms with E-state index in [2.05, 4.69) is 34.4 Å². The summed E-state index contributed by atoms with van der Waals surface area (Å²) in [7, 11) is 0. The number of anilines is 1. The van der Waals surface area contributed by atoms with E-state index in [1.165, 1.54) is 5.52 Å². The molecule has 1 unspecified atom stereocenters. The topological polar surface area (TPSA) is 66.3 Å². The molecule has 0 saturated heterocycles. The summed E-state index contributed by atoms with van der Waals surface area (Å²) >= 11 is 0. The number of carbonyl (C=O) groups is 1. The maximum Gasteiger partial charge on any atom is 0.319 e. The van der Waals surface area contributed by atoms with Crippen molar-refractivity contribution >= 4 is 22.6 Å². The molecule has 2 aromatic rings. The van der Waals surface area contributed by atoms with Crippen LogP contribution in [0.3, 0.4) is 0 Å². The number of rotatable bonds is 7. The van der Waals surface area contributed by atoms with Gasteiger partial charge >= 0.3 is 6.03 Å². The molecular weight excluding hydrogens is 278 g/mol. The summed E-state index contributed by atoms with van der Waals surface area (Å²) in [5.41, 5.74) is 1.97. The van der Waals surface area contributed by atoms with Crippen LogP contribution >= 0.6 is 0 Å². The minimum absolute atomic E-state index is 0.149. The van der Waals surface area contributed by atoms with Crippen molar-refractivity contribution in [3.63, 3.8) is 0 Å². The number of carbonyl (C=O) groups excluding carboxylic acids is 1. The first kappa shape index (κ1) is 16.4. The van der Waals surface area contributed by atoms with Gasteiger partial charge in [0.1, 0.15) is 0 Å². The highest BCUT2D eigenvalue weighted by atomic mass is 16.3. The molecule has 1 aromatic carbocycles. The predicted molar refractivity (Wildman–Crippen MR) is 90.1 cm³/mol. The van der Waals surface area contributed by atoms with Gasteiger partial charge in [0.2, 0.25) is 0 Å². The number of hydrogen-bond acceptors (Lipinski definition) is 2. The number of urea groups is 1. The van der Waals surface area contributed by atoms with Gasteiger partial charge in [0.05, 0.1) is 0 Å². The Balaban J connectivity index is 1.95. The molecule has 22 heavy (non-hydrogen) atoms. The first-order valence-corrected chi connectivity index (χ1v) is 7.88. The van der Waals surface area contributed by atoms with Gasteiger partial charge in [0.25, 0.3) is 0 Å². The monoisotopic (exact) mass is 303 g/mol. The van der Waals surface area contributed by atoms with Crippen molar-refractivity contribution in [2.24, 2.45) is 5.92 Å². The van der Waals surface area contributed by atoms with Gasteiger partial charge in [-0.25, -0.2) is 4.79 Å². The van der Waals surface area contributed by atoms with Crippen LogP contribution in [0.2, 0.25) is 0 Å². The van der Waals surface area contributed by atoms with E-state index in [0.717, 1.165) is 24.0 Å². The van der Waals surface area contributed by atoms with Gasteiger partial charge in [-0.05, 0) is 43.0 Å². The van der Waals surface area contributed by atoms with E-state index in [1.54, 1.807) is 0 Å². The molecule has 0 spiro atoms. The number of amides is 2. The van der Waals surface area contributed by atoms with Crippen LogP contribution in [-0.2, 0) is 6.54 Å². The first-order chi connectivity index (χ1) is 10.6. The number of aromatic nitrogens is 1. The van der Waals surface area contributed by atoms with E-state index in [4.69, 9.17) is 5.11 Å². The molecule has 0 saturated carbocycles. The number of aliphatic hydroxyl groups excluding tert-OH is 1. The summed E-state index contributed by atoms with van der Waals surface area (Å²) in [6, 6.07) is 7.80. The maximum atomic E-state index is 11.9. The smallest absolute Gasteiger partial charge is 0.319 e. The number of hydrogen-bond donors (Lipinski definition) is 3. The highest BCUT2D eigenvalue weighted by molar-refractivity contribution is 5.92. The Labute approximate surface area is 131 Å². The van der Waals surface area contributed by atoms with Gasteiger partial charge < -0.3 is 20.3 Å². The summed E-state index contributed by atoms with van der Waals surface area (Å²) in [6.07, 6.45) is 3.87. The van der Waals surface area contributed by atoms with Crippen LogP contribution in [0.4, 0.5) is 10.5 Å². The minimum atomic E-state index is -0.211. The fourth-order valence-corrected chi connectivity index (χ4v) is 2.48. The van der Waals surface area contributed by atoms with Crippen molar-refractivity contribution in [3.05, 3.63) is 30.5 Å². The third-order valence-electron chi connectivity index (χ3n) is 3.73. The van der Waals surface area contributed by atoms with Crippen LogP contribution in [-0.4, -0.2) is 28.9 Å². The zero-order chi connectivity index (χ0) is 15.9. The number of nitrogens with zero attached hydrogens (tertiary/aromatic N) is 1. The molecule has 0 bridgehead atoms. The average molecular weight is 303 g/mol. The maximum absolute atomic E-state index is 11.9. The lowest BCUT2D eigenvalue weighted by atomic mass is 10.1. The Kier molecular flexibility index (Phi) is 5.83. The summed E-state index contributed by atoms with van der Waals surface area (Å²) in [6.45, 7) is 5.86. The Morgan fingerprint density at radius 3 is 2.91 bits per heavy atom. The summed E-state index contributed by atoms with van der Waals surface area (Å²) in [5.74, 6) is 0.265. The normalized spacial score (nSPS) is 12.3. The van der Waals surface area contributed by atoms with Crippen LogP contribution in [0.15, 0.2) is 30.5 Å². The van der Waals surface area contributed by atoms with Crippen LogP contribution in [0, 0.1) is 5.92 Å². The van der Waals surface area contributed by atoms with Crippen molar-refractivity contribution in [1.29, 1.82) is 0 Å². The molecule has 3 N–H and O–H groups in total. The molecule has 0 aliphatic heterocycles. The molecule has 1 aromatic heterocycles. The van der Waals surface area contributed by atoms with Gasteiger partial charge in [-0.2, -0.15) is 0 Å². The lowest BCUT2D eigenvalue weighted by Gasteiger charge is -2.12. The van der Waals surface area contributed by atoms with Gasteiger partial charge in [-0.3, -0.25) is 0 Å². The predicted octanol–water partition coefficient (Wildman–Crippen LogP) is 3.19. The Morgan fingerprint density at radius 2 is 2.18 bits per heavy atom. The highest BCUT2D eigenvalue weighted by Gasteiger charge is 2.07. The first-order valence-electron chi connectivity index (χ1n) is 7.88. The number of aliphatic hydroxyl groups is 1. The number of benzene rings is 1. The second-order valence-electron chi connectivity index (χ2n) is 5.74. The van der Waals surface area contributed by atoms with Gasteiger partial charge in [-0.15, -0.1) is 0 Å². The van der Waals surface area contributed by atoms with E-state index >= 15 is 0 Å². The Bertz CT molecular complexity index is 621. The fourth-order valence-electron chi connectivity index (χ4n) is 2.48. The molecule has 1 heterocycles. The Morgan fingerprint density at radius 1 is 1.36 bits per heavy atom. The standard InChI is InChI=1S/C17H25N3O2/c1-3-8-20-9-6-14-11-15(4-5-16(14)20)19-17(22)18-12-13(2)7-10-21/h4-6,9,11,13,21H,3,7-8,10,12H2,1-2H3,(H2,18,19,22). The molecule has 0 aliphatic rings. The third kappa shape index (κ3) is 4.24. The second-order valence-corrected chi connectivity index (χ2v) is 5.74. The van der Waals surface area contributed by atoms with Crippen LogP contribution < -0.4 is 10.6 Å². The zero-order valence-electron chi connectivity index (χ0n) is 13.3. The fraction of sp³-hybridized carbons (Fsp3) is 0.471. The molecular formula is C17H25N3O2. The van der Waals surface area contributed by atoms with Crippen molar-refractivity contribution in [2.75, 3.05) is 18.5 Å². The largest absolute Gasteiger partial charge is 0.396 e. The minimum Gasteiger partial charge on any atom is -0.396 e. The second kappa shape index (κ2) is 7.84. The quantitative estimate of drug-likeness (QED) is 0.735. The lowest BCUT2D eigenvalue weighted by Crippen LogP contribution is -2.32. The van der Waals surface area contributed by atoms with Gasteiger partial charge in [0.15, 0.2) is 0 Å². The van der Waals surface area contributed by atoms with Crippen molar-refractivity contribution in [2.45, 2.75) is 33.2 Å².